The number of ketones is 1. The van der Waals surface area contributed by atoms with Gasteiger partial charge in [0, 0.05) is 15.8 Å². The van der Waals surface area contributed by atoms with E-state index >= 15 is 0 Å². The van der Waals surface area contributed by atoms with E-state index < -0.39 is 17.8 Å². The van der Waals surface area contributed by atoms with Crippen LogP contribution in [0.1, 0.15) is 16.8 Å². The van der Waals surface area contributed by atoms with Gasteiger partial charge in [0.15, 0.2) is 6.61 Å². The molecule has 33 heavy (non-hydrogen) atoms. The van der Waals surface area contributed by atoms with Crippen LogP contribution in [0.5, 0.6) is 0 Å². The first-order valence-corrected chi connectivity index (χ1v) is 11.4. The van der Waals surface area contributed by atoms with Gasteiger partial charge in [-0.2, -0.15) is 0 Å². The molecular weight excluding hydrogens is 436 g/mol. The van der Waals surface area contributed by atoms with E-state index in [-0.39, 0.29) is 18.1 Å². The summed E-state index contributed by atoms with van der Waals surface area (Å²) in [6.45, 7) is -0.393. The van der Waals surface area contributed by atoms with E-state index in [1.54, 1.807) is 0 Å². The van der Waals surface area contributed by atoms with Crippen LogP contribution in [0, 0.1) is 0 Å². The number of Topliss-reactive ketones (excluding diaryl/α,β-unsaturated/α-hetero) is 1. The monoisotopic (exact) mass is 456 g/mol. The van der Waals surface area contributed by atoms with Gasteiger partial charge in [0.1, 0.15) is 0 Å². The lowest BCUT2D eigenvalue weighted by molar-refractivity contribution is -0.143. The lowest BCUT2D eigenvalue weighted by Gasteiger charge is -2.23. The lowest BCUT2D eigenvalue weighted by Crippen LogP contribution is -2.31. The second kappa shape index (κ2) is 8.96. The number of benzene rings is 3. The number of rotatable bonds is 6. The van der Waals surface area contributed by atoms with Crippen molar-refractivity contribution in [2.75, 3.05) is 11.9 Å². The largest absolute Gasteiger partial charge is 0.457 e. The number of amides is 1. The molecule has 0 bridgehead atoms. The van der Waals surface area contributed by atoms with E-state index in [1.165, 1.54) is 11.8 Å². The summed E-state index contributed by atoms with van der Waals surface area (Å²) in [7, 11) is 0. The SMILES string of the molecule is O=C(CC1Sc2ccccc2NC1=O)OCC(=O)c1c(-c2ccccc2)[nH]c2ccccc12. The zero-order valence-electron chi connectivity index (χ0n) is 17.5. The number of hydrogen-bond acceptors (Lipinski definition) is 5. The molecule has 1 aromatic heterocycles. The van der Waals surface area contributed by atoms with E-state index in [0.29, 0.717) is 11.3 Å². The minimum absolute atomic E-state index is 0.114. The molecule has 1 aliphatic rings. The minimum atomic E-state index is -0.601. The summed E-state index contributed by atoms with van der Waals surface area (Å²) in [5.41, 5.74) is 3.62. The van der Waals surface area contributed by atoms with Gasteiger partial charge in [-0.15, -0.1) is 11.8 Å². The van der Waals surface area contributed by atoms with Gasteiger partial charge in [0.05, 0.1) is 28.6 Å². The number of aromatic amines is 1. The van der Waals surface area contributed by atoms with Crippen LogP contribution in [0.2, 0.25) is 0 Å². The molecule has 0 radical (unpaired) electrons. The molecule has 2 N–H and O–H groups in total. The molecule has 0 aliphatic carbocycles. The van der Waals surface area contributed by atoms with Crippen molar-refractivity contribution < 1.29 is 19.1 Å². The molecule has 5 rings (SSSR count). The molecule has 0 saturated heterocycles. The van der Waals surface area contributed by atoms with Crippen molar-refractivity contribution in [3.63, 3.8) is 0 Å². The molecule has 164 valence electrons. The average Bonchev–Trinajstić information content (AvgIpc) is 3.23. The van der Waals surface area contributed by atoms with Gasteiger partial charge < -0.3 is 15.0 Å². The van der Waals surface area contributed by atoms with Gasteiger partial charge in [0.25, 0.3) is 0 Å². The number of carbonyl (C=O) groups excluding carboxylic acids is 3. The van der Waals surface area contributed by atoms with Crippen molar-refractivity contribution >= 4 is 46.0 Å². The Labute approximate surface area is 194 Å². The van der Waals surface area contributed by atoms with Crippen LogP contribution in [-0.4, -0.2) is 34.5 Å². The maximum Gasteiger partial charge on any atom is 0.307 e. The number of aromatic nitrogens is 1. The average molecular weight is 457 g/mol. The summed E-state index contributed by atoms with van der Waals surface area (Å²) in [6.07, 6.45) is -0.114. The van der Waals surface area contributed by atoms with Gasteiger partial charge in [-0.3, -0.25) is 14.4 Å². The molecular formula is C26H20N2O4S. The summed E-state index contributed by atoms with van der Waals surface area (Å²) in [5.74, 6) is -1.13. The van der Waals surface area contributed by atoms with Crippen LogP contribution in [0.25, 0.3) is 22.2 Å². The third-order valence-electron chi connectivity index (χ3n) is 5.47. The van der Waals surface area contributed by atoms with Crippen molar-refractivity contribution in [2.24, 2.45) is 0 Å². The Hall–Kier alpha value is -3.84. The van der Waals surface area contributed by atoms with Crippen LogP contribution >= 0.6 is 11.8 Å². The van der Waals surface area contributed by atoms with Gasteiger partial charge >= 0.3 is 5.97 Å². The molecule has 1 aliphatic heterocycles. The van der Waals surface area contributed by atoms with E-state index in [2.05, 4.69) is 10.3 Å². The van der Waals surface area contributed by atoms with Crippen molar-refractivity contribution in [3.05, 3.63) is 84.4 Å². The predicted molar refractivity (Wildman–Crippen MR) is 128 cm³/mol. The first kappa shape index (κ1) is 21.0. The summed E-state index contributed by atoms with van der Waals surface area (Å²) in [5, 5.41) is 2.98. The molecule has 1 unspecified atom stereocenters. The third kappa shape index (κ3) is 4.27. The molecule has 4 aromatic rings. The molecule has 6 nitrogen and oxygen atoms in total. The Bertz CT molecular complexity index is 1360. The molecule has 0 fully saturated rings. The normalized spacial score (nSPS) is 15.0. The standard InChI is InChI=1S/C26H20N2O4S/c29-20(15-32-23(30)14-22-26(31)28-19-12-6-7-13-21(19)33-22)24-17-10-4-5-11-18(17)27-25(24)16-8-2-1-3-9-16/h1-13,22,27H,14-15H2,(H,28,31). The summed E-state index contributed by atoms with van der Waals surface area (Å²) >= 11 is 1.32. The van der Waals surface area contributed by atoms with Crippen molar-refractivity contribution in [1.82, 2.24) is 4.98 Å². The predicted octanol–water partition coefficient (Wildman–Crippen LogP) is 5.06. The fourth-order valence-electron chi connectivity index (χ4n) is 3.91. The van der Waals surface area contributed by atoms with Crippen LogP contribution in [0.15, 0.2) is 83.8 Å². The fourth-order valence-corrected chi connectivity index (χ4v) is 5.00. The van der Waals surface area contributed by atoms with Crippen molar-refractivity contribution in [1.29, 1.82) is 0 Å². The minimum Gasteiger partial charge on any atom is -0.457 e. The highest BCUT2D eigenvalue weighted by Gasteiger charge is 2.30. The molecule has 0 saturated carbocycles. The number of hydrogen-bond donors (Lipinski definition) is 2. The second-order valence-electron chi connectivity index (χ2n) is 7.67. The molecule has 3 aromatic carbocycles. The quantitative estimate of drug-likeness (QED) is 0.313. The number of ether oxygens (including phenoxy) is 1. The maximum absolute atomic E-state index is 13.2. The summed E-state index contributed by atoms with van der Waals surface area (Å²) < 4.78 is 5.31. The van der Waals surface area contributed by atoms with Gasteiger partial charge in [0.2, 0.25) is 11.7 Å². The van der Waals surface area contributed by atoms with Gasteiger partial charge in [-0.05, 0) is 23.8 Å². The number of H-pyrrole nitrogens is 1. The van der Waals surface area contributed by atoms with Crippen LogP contribution in [0.4, 0.5) is 5.69 Å². The third-order valence-corrected chi connectivity index (χ3v) is 6.75. The van der Waals surface area contributed by atoms with Gasteiger partial charge in [-0.25, -0.2) is 0 Å². The topological polar surface area (TPSA) is 88.3 Å². The van der Waals surface area contributed by atoms with E-state index in [1.807, 2.05) is 78.9 Å². The zero-order valence-corrected chi connectivity index (χ0v) is 18.4. The second-order valence-corrected chi connectivity index (χ2v) is 8.91. The highest BCUT2D eigenvalue weighted by molar-refractivity contribution is 8.01. The number of carbonyl (C=O) groups is 3. The molecule has 2 heterocycles. The van der Waals surface area contributed by atoms with Crippen LogP contribution in [0.3, 0.4) is 0 Å². The number of nitrogens with one attached hydrogen (secondary N) is 2. The smallest absolute Gasteiger partial charge is 0.307 e. The molecule has 0 spiro atoms. The van der Waals surface area contributed by atoms with E-state index in [4.69, 9.17) is 4.74 Å². The van der Waals surface area contributed by atoms with Crippen LogP contribution < -0.4 is 5.32 Å². The highest BCUT2D eigenvalue weighted by atomic mass is 32.2. The number of fused-ring (bicyclic) bond motifs is 2. The number of thioether (sulfide) groups is 1. The summed E-state index contributed by atoms with van der Waals surface area (Å²) in [6, 6.07) is 24.5. The molecule has 1 amide bonds. The first-order chi connectivity index (χ1) is 16.1. The van der Waals surface area contributed by atoms with Crippen molar-refractivity contribution in [2.45, 2.75) is 16.6 Å². The highest BCUT2D eigenvalue weighted by Crippen LogP contribution is 2.37. The van der Waals surface area contributed by atoms with E-state index in [0.717, 1.165) is 27.0 Å². The first-order valence-electron chi connectivity index (χ1n) is 10.5. The Kier molecular flexibility index (Phi) is 5.71. The summed E-state index contributed by atoms with van der Waals surface area (Å²) in [4.78, 5) is 42.2. The van der Waals surface area contributed by atoms with Crippen LogP contribution in [-0.2, 0) is 14.3 Å². The Balaban J connectivity index is 1.31. The number of para-hydroxylation sites is 2. The Morgan fingerprint density at radius 3 is 2.48 bits per heavy atom. The molecule has 7 heteroatoms. The molecule has 1 atom stereocenters. The zero-order chi connectivity index (χ0) is 22.8. The van der Waals surface area contributed by atoms with E-state index in [9.17, 15) is 14.4 Å². The Morgan fingerprint density at radius 2 is 1.64 bits per heavy atom. The van der Waals surface area contributed by atoms with Crippen molar-refractivity contribution in [3.8, 4) is 11.3 Å². The lowest BCUT2D eigenvalue weighted by atomic mass is 10.0. The Morgan fingerprint density at radius 1 is 0.909 bits per heavy atom. The fraction of sp³-hybridized carbons (Fsp3) is 0.115. The number of anilines is 1. The number of esters is 1. The van der Waals surface area contributed by atoms with Gasteiger partial charge in [-0.1, -0.05) is 60.7 Å². The maximum atomic E-state index is 13.2.